The van der Waals surface area contributed by atoms with Gasteiger partial charge in [0.2, 0.25) is 10.0 Å². The van der Waals surface area contributed by atoms with Crippen LogP contribution >= 0.6 is 0 Å². The van der Waals surface area contributed by atoms with E-state index in [1.807, 2.05) is 18.4 Å². The SMILES string of the molecule is Cc1ncn(-c2cc(NCCNS(=O)(=O)Cc3cc(F)cc(F)c3)ncn2)c1C. The summed E-state index contributed by atoms with van der Waals surface area (Å²) < 4.78 is 54.8. The first-order valence-corrected chi connectivity index (χ1v) is 10.4. The van der Waals surface area contributed by atoms with Crippen molar-refractivity contribution in [3.8, 4) is 5.82 Å². The van der Waals surface area contributed by atoms with Crippen LogP contribution in [0.4, 0.5) is 14.6 Å². The molecule has 2 N–H and O–H groups in total. The van der Waals surface area contributed by atoms with Crippen LogP contribution in [0.3, 0.4) is 0 Å². The summed E-state index contributed by atoms with van der Waals surface area (Å²) in [6.07, 6.45) is 3.06. The second-order valence-corrected chi connectivity index (χ2v) is 8.21. The number of sulfonamides is 1. The van der Waals surface area contributed by atoms with Gasteiger partial charge in [-0.1, -0.05) is 0 Å². The number of aromatic nitrogens is 4. The van der Waals surface area contributed by atoms with Crippen LogP contribution in [-0.2, 0) is 15.8 Å². The predicted molar refractivity (Wildman–Crippen MR) is 104 cm³/mol. The lowest BCUT2D eigenvalue weighted by atomic mass is 10.2. The topological polar surface area (TPSA) is 102 Å². The minimum atomic E-state index is -3.75. The number of anilines is 1. The molecule has 0 aliphatic rings. The molecule has 0 spiro atoms. The summed E-state index contributed by atoms with van der Waals surface area (Å²) in [6, 6.07) is 4.39. The lowest BCUT2D eigenvalue weighted by molar-refractivity contribution is 0.575. The van der Waals surface area contributed by atoms with Gasteiger partial charge in [-0.2, -0.15) is 0 Å². The molecule has 0 fully saturated rings. The van der Waals surface area contributed by atoms with Gasteiger partial charge in [-0.3, -0.25) is 4.57 Å². The zero-order chi connectivity index (χ0) is 21.0. The lowest BCUT2D eigenvalue weighted by Gasteiger charge is -2.10. The summed E-state index contributed by atoms with van der Waals surface area (Å²) in [5.74, 6) is -1.00. The minimum Gasteiger partial charge on any atom is -0.369 e. The first-order chi connectivity index (χ1) is 13.7. The van der Waals surface area contributed by atoms with Crippen LogP contribution in [0, 0.1) is 25.5 Å². The molecule has 2 heterocycles. The maximum Gasteiger partial charge on any atom is 0.215 e. The Balaban J connectivity index is 1.55. The number of aryl methyl sites for hydroxylation is 1. The number of hydrogen-bond acceptors (Lipinski definition) is 6. The predicted octanol–water partition coefficient (Wildman–Crippen LogP) is 2.09. The fourth-order valence-corrected chi connectivity index (χ4v) is 3.79. The molecule has 2 aromatic heterocycles. The third-order valence-corrected chi connectivity index (χ3v) is 5.54. The Labute approximate surface area is 167 Å². The van der Waals surface area contributed by atoms with Crippen LogP contribution in [0.25, 0.3) is 5.82 Å². The van der Waals surface area contributed by atoms with Gasteiger partial charge in [-0.05, 0) is 31.5 Å². The van der Waals surface area contributed by atoms with Crippen LogP contribution in [0.2, 0.25) is 0 Å². The molecule has 0 aliphatic heterocycles. The Morgan fingerprint density at radius 1 is 1.00 bits per heavy atom. The number of hydrogen-bond donors (Lipinski definition) is 2. The Bertz CT molecular complexity index is 1100. The fourth-order valence-electron chi connectivity index (χ4n) is 2.67. The van der Waals surface area contributed by atoms with Gasteiger partial charge >= 0.3 is 0 Å². The van der Waals surface area contributed by atoms with Crippen molar-refractivity contribution in [2.45, 2.75) is 19.6 Å². The molecule has 3 rings (SSSR count). The van der Waals surface area contributed by atoms with E-state index in [4.69, 9.17) is 0 Å². The van der Waals surface area contributed by atoms with Crippen molar-refractivity contribution in [3.63, 3.8) is 0 Å². The van der Waals surface area contributed by atoms with E-state index in [0.717, 1.165) is 23.5 Å². The van der Waals surface area contributed by atoms with E-state index in [1.165, 1.54) is 6.33 Å². The van der Waals surface area contributed by atoms with E-state index in [1.54, 1.807) is 12.4 Å². The standard InChI is InChI=1S/C18H20F2N6O2S/c1-12-13(2)26(11-24-12)18-8-17(22-10-23-18)21-3-4-25-29(27,28)9-14-5-15(19)7-16(20)6-14/h5-8,10-11,25H,3-4,9H2,1-2H3,(H,21,22,23). The number of nitrogens with one attached hydrogen (secondary N) is 2. The van der Waals surface area contributed by atoms with E-state index in [2.05, 4.69) is 25.0 Å². The van der Waals surface area contributed by atoms with Crippen molar-refractivity contribution in [1.29, 1.82) is 0 Å². The van der Waals surface area contributed by atoms with Gasteiger partial charge in [0.1, 0.15) is 35.9 Å². The molecule has 0 aliphatic carbocycles. The number of benzene rings is 1. The van der Waals surface area contributed by atoms with Gasteiger partial charge in [0.25, 0.3) is 0 Å². The summed E-state index contributed by atoms with van der Waals surface area (Å²) in [5, 5.41) is 3.00. The fraction of sp³-hybridized carbons (Fsp3) is 0.278. The highest BCUT2D eigenvalue weighted by Crippen LogP contribution is 2.14. The molecular weight excluding hydrogens is 402 g/mol. The smallest absolute Gasteiger partial charge is 0.215 e. The molecule has 3 aromatic rings. The molecule has 0 atom stereocenters. The number of halogens is 2. The van der Waals surface area contributed by atoms with E-state index >= 15 is 0 Å². The zero-order valence-corrected chi connectivity index (χ0v) is 16.7. The van der Waals surface area contributed by atoms with Crippen LogP contribution in [0.5, 0.6) is 0 Å². The van der Waals surface area contributed by atoms with Gasteiger partial charge in [0, 0.05) is 30.9 Å². The molecule has 0 radical (unpaired) electrons. The normalized spacial score (nSPS) is 11.6. The second-order valence-electron chi connectivity index (χ2n) is 6.40. The van der Waals surface area contributed by atoms with E-state index in [0.29, 0.717) is 17.7 Å². The zero-order valence-electron chi connectivity index (χ0n) is 15.9. The molecular formula is C18H20F2N6O2S. The van der Waals surface area contributed by atoms with Crippen LogP contribution in [-0.4, -0.2) is 41.0 Å². The maximum atomic E-state index is 13.2. The van der Waals surface area contributed by atoms with Gasteiger partial charge in [-0.25, -0.2) is 36.9 Å². The van der Waals surface area contributed by atoms with Crippen molar-refractivity contribution < 1.29 is 17.2 Å². The first-order valence-electron chi connectivity index (χ1n) is 8.72. The van der Waals surface area contributed by atoms with Crippen molar-refractivity contribution in [3.05, 3.63) is 65.5 Å². The molecule has 29 heavy (non-hydrogen) atoms. The van der Waals surface area contributed by atoms with Crippen LogP contribution in [0.1, 0.15) is 17.0 Å². The van der Waals surface area contributed by atoms with Gasteiger partial charge in [0.05, 0.1) is 11.4 Å². The highest BCUT2D eigenvalue weighted by atomic mass is 32.2. The Morgan fingerprint density at radius 3 is 2.38 bits per heavy atom. The van der Waals surface area contributed by atoms with Crippen molar-refractivity contribution in [2.75, 3.05) is 18.4 Å². The van der Waals surface area contributed by atoms with Gasteiger partial charge in [0.15, 0.2) is 0 Å². The van der Waals surface area contributed by atoms with E-state index in [9.17, 15) is 17.2 Å². The van der Waals surface area contributed by atoms with Crippen molar-refractivity contribution >= 4 is 15.8 Å². The molecule has 8 nitrogen and oxygen atoms in total. The molecule has 0 bridgehead atoms. The van der Waals surface area contributed by atoms with Crippen LogP contribution < -0.4 is 10.0 Å². The summed E-state index contributed by atoms with van der Waals surface area (Å²) >= 11 is 0. The summed E-state index contributed by atoms with van der Waals surface area (Å²) in [6.45, 7) is 4.16. The largest absolute Gasteiger partial charge is 0.369 e. The lowest BCUT2D eigenvalue weighted by Crippen LogP contribution is -2.30. The molecule has 0 amide bonds. The van der Waals surface area contributed by atoms with Gasteiger partial charge < -0.3 is 5.32 Å². The highest BCUT2D eigenvalue weighted by Gasteiger charge is 2.13. The van der Waals surface area contributed by atoms with E-state index < -0.39 is 27.4 Å². The first kappa shape index (κ1) is 20.8. The van der Waals surface area contributed by atoms with Crippen molar-refractivity contribution in [1.82, 2.24) is 24.2 Å². The second kappa shape index (κ2) is 8.62. The summed E-state index contributed by atoms with van der Waals surface area (Å²) in [7, 11) is -3.75. The quantitative estimate of drug-likeness (QED) is 0.539. The van der Waals surface area contributed by atoms with Gasteiger partial charge in [-0.15, -0.1) is 0 Å². The average Bonchev–Trinajstić information content (AvgIpc) is 2.97. The third-order valence-electron chi connectivity index (χ3n) is 4.18. The monoisotopic (exact) mass is 422 g/mol. The maximum absolute atomic E-state index is 13.2. The van der Waals surface area contributed by atoms with Crippen LogP contribution in [0.15, 0.2) is 36.9 Å². The Kier molecular flexibility index (Phi) is 6.18. The summed E-state index contributed by atoms with van der Waals surface area (Å²) in [5.41, 5.74) is 1.89. The molecule has 0 saturated carbocycles. The minimum absolute atomic E-state index is 0.0365. The molecule has 1 aromatic carbocycles. The highest BCUT2D eigenvalue weighted by molar-refractivity contribution is 7.88. The number of imidazole rings is 1. The Morgan fingerprint density at radius 2 is 1.72 bits per heavy atom. The van der Waals surface area contributed by atoms with Crippen molar-refractivity contribution in [2.24, 2.45) is 0 Å². The van der Waals surface area contributed by atoms with E-state index in [-0.39, 0.29) is 18.7 Å². The summed E-state index contributed by atoms with van der Waals surface area (Å²) in [4.78, 5) is 12.5. The molecule has 0 saturated heterocycles. The average molecular weight is 422 g/mol. The number of nitrogens with zero attached hydrogens (tertiary/aromatic N) is 4. The Hall–Kier alpha value is -2.92. The third kappa shape index (κ3) is 5.55. The molecule has 154 valence electrons. The molecule has 0 unspecified atom stereocenters. The molecule has 11 heteroatoms. The number of rotatable bonds is 8.